The summed E-state index contributed by atoms with van der Waals surface area (Å²) in [5.74, 6) is -0.176. The van der Waals surface area contributed by atoms with Crippen LogP contribution in [0.15, 0.2) is 57.9 Å². The summed E-state index contributed by atoms with van der Waals surface area (Å²) in [5, 5.41) is 18.7. The van der Waals surface area contributed by atoms with Crippen molar-refractivity contribution in [3.05, 3.63) is 59.8 Å². The van der Waals surface area contributed by atoms with E-state index in [4.69, 9.17) is 18.7 Å². The third kappa shape index (κ3) is 8.49. The minimum Gasteiger partial charge on any atom is -0.443 e. The van der Waals surface area contributed by atoms with Crippen LogP contribution >= 0.6 is 0 Å². The third-order valence-electron chi connectivity index (χ3n) is 8.36. The first-order valence-electron chi connectivity index (χ1n) is 15.4. The average Bonchev–Trinajstić information content (AvgIpc) is 3.74. The van der Waals surface area contributed by atoms with Crippen molar-refractivity contribution in [2.45, 2.75) is 62.7 Å². The number of fused-ring (bicyclic) bond motifs is 2. The molecule has 2 N–H and O–H groups in total. The van der Waals surface area contributed by atoms with Gasteiger partial charge in [0, 0.05) is 25.5 Å². The fourth-order valence-electron chi connectivity index (χ4n) is 5.76. The molecule has 2 saturated heterocycles. The Morgan fingerprint density at radius 1 is 1.11 bits per heavy atom. The Balaban J connectivity index is 1.37. The fraction of sp³-hybridized carbons (Fsp3) is 0.548. The summed E-state index contributed by atoms with van der Waals surface area (Å²) in [6.45, 7) is 4.09. The van der Waals surface area contributed by atoms with E-state index in [1.807, 2.05) is 44.2 Å². The number of carbonyl (C=O) groups excluding carboxylic acids is 1. The number of aromatic nitrogens is 1. The molecular formula is C31H42N4O10S2. The number of benzene rings is 2. The molecule has 0 aliphatic carbocycles. The van der Waals surface area contributed by atoms with Gasteiger partial charge in [0.15, 0.2) is 11.9 Å². The third-order valence-corrected chi connectivity index (χ3v) is 11.5. The number of carbonyl (C=O) groups is 1. The molecule has 1 aromatic heterocycles. The van der Waals surface area contributed by atoms with E-state index >= 15 is 0 Å². The number of aliphatic hydroxyl groups is 1. The normalized spacial score (nSPS) is 21.4. The van der Waals surface area contributed by atoms with Crippen LogP contribution in [0, 0.1) is 11.8 Å². The SMILES string of the molecule is CC(C)CN(C[C@@H](O)[C@H](Cc1ccccc1)NC(=O)OC1CO[C@H]2OCC[C@@H]12)S(=O)(=O)c1ccc2onc(CN(C)S(C)(=O)=O)c2c1. The maximum absolute atomic E-state index is 14.1. The van der Waals surface area contributed by atoms with Crippen molar-refractivity contribution in [1.82, 2.24) is 19.1 Å². The Hall–Kier alpha value is -3.12. The zero-order valence-electron chi connectivity index (χ0n) is 26.8. The summed E-state index contributed by atoms with van der Waals surface area (Å²) in [7, 11) is -6.34. The van der Waals surface area contributed by atoms with Gasteiger partial charge in [-0.25, -0.2) is 21.6 Å². The molecule has 1 unspecified atom stereocenters. The fourth-order valence-corrected chi connectivity index (χ4v) is 7.76. The maximum atomic E-state index is 14.1. The zero-order chi connectivity index (χ0) is 33.9. The van der Waals surface area contributed by atoms with Gasteiger partial charge in [-0.05, 0) is 42.5 Å². The van der Waals surface area contributed by atoms with Gasteiger partial charge >= 0.3 is 6.09 Å². The number of aliphatic hydroxyl groups excluding tert-OH is 1. The van der Waals surface area contributed by atoms with Crippen LogP contribution in [0.1, 0.15) is 31.5 Å². The number of amides is 1. The highest BCUT2D eigenvalue weighted by Crippen LogP contribution is 2.33. The van der Waals surface area contributed by atoms with Crippen LogP contribution in [0.4, 0.5) is 4.79 Å². The van der Waals surface area contributed by atoms with E-state index in [1.165, 1.54) is 29.6 Å². The van der Waals surface area contributed by atoms with Gasteiger partial charge in [0.2, 0.25) is 20.0 Å². The van der Waals surface area contributed by atoms with Crippen molar-refractivity contribution in [1.29, 1.82) is 0 Å². The molecule has 1 amide bonds. The first kappa shape index (κ1) is 35.2. The molecule has 47 heavy (non-hydrogen) atoms. The summed E-state index contributed by atoms with van der Waals surface area (Å²) in [6.07, 6.45) is -0.982. The number of sulfonamides is 2. The zero-order valence-corrected chi connectivity index (χ0v) is 28.4. The van der Waals surface area contributed by atoms with Crippen molar-refractivity contribution in [2.24, 2.45) is 11.8 Å². The Bertz CT molecular complexity index is 1750. The monoisotopic (exact) mass is 694 g/mol. The van der Waals surface area contributed by atoms with E-state index < -0.39 is 50.7 Å². The summed E-state index contributed by atoms with van der Waals surface area (Å²) < 4.78 is 76.6. The van der Waals surface area contributed by atoms with Crippen molar-refractivity contribution in [3.8, 4) is 0 Å². The van der Waals surface area contributed by atoms with Crippen LogP contribution < -0.4 is 5.32 Å². The Morgan fingerprint density at radius 2 is 1.85 bits per heavy atom. The van der Waals surface area contributed by atoms with Gasteiger partial charge in [-0.3, -0.25) is 0 Å². The number of nitrogens with one attached hydrogen (secondary N) is 1. The van der Waals surface area contributed by atoms with Crippen LogP contribution in [-0.4, -0.2) is 106 Å². The Labute approximate surface area is 275 Å². The van der Waals surface area contributed by atoms with Crippen LogP contribution in [0.3, 0.4) is 0 Å². The summed E-state index contributed by atoms with van der Waals surface area (Å²) in [6, 6.07) is 12.6. The number of hydrogen-bond donors (Lipinski definition) is 2. The van der Waals surface area contributed by atoms with Crippen LogP contribution in [-0.2, 0) is 47.2 Å². The van der Waals surface area contributed by atoms with E-state index in [2.05, 4.69) is 10.5 Å². The second-order valence-corrected chi connectivity index (χ2v) is 16.5. The predicted octanol–water partition coefficient (Wildman–Crippen LogP) is 2.33. The lowest BCUT2D eigenvalue weighted by atomic mass is 10.0. The molecule has 2 fully saturated rings. The smallest absolute Gasteiger partial charge is 0.407 e. The van der Waals surface area contributed by atoms with Crippen molar-refractivity contribution in [2.75, 3.05) is 39.6 Å². The van der Waals surface area contributed by atoms with E-state index in [1.54, 1.807) is 0 Å². The second kappa shape index (κ2) is 14.6. The van der Waals surface area contributed by atoms with Gasteiger partial charge < -0.3 is 29.2 Å². The molecule has 2 aliphatic rings. The lowest BCUT2D eigenvalue weighted by molar-refractivity contribution is -0.0907. The standard InChI is InChI=1S/C31H42N4O10S2/c1-20(2)16-35(47(40,41)22-10-11-28-24(15-22)26(33-45-28)17-34(3)46(4,38)39)18-27(36)25(14-21-8-6-5-7-9-21)32-31(37)44-29-19-43-30-23(29)12-13-42-30/h5-11,15,20,23,25,27,29-30,36H,12-14,16-19H2,1-4H3,(H,32,37)/t23-,25-,27+,29?,30+/m0/s1. The van der Waals surface area contributed by atoms with Gasteiger partial charge in [0.1, 0.15) is 11.8 Å². The number of rotatable bonds is 14. The molecule has 14 nitrogen and oxygen atoms in total. The molecule has 2 aromatic carbocycles. The minimum absolute atomic E-state index is 0.0695. The highest BCUT2D eigenvalue weighted by molar-refractivity contribution is 7.89. The highest BCUT2D eigenvalue weighted by Gasteiger charge is 2.44. The summed E-state index contributed by atoms with van der Waals surface area (Å²) in [5.41, 5.74) is 1.38. The van der Waals surface area contributed by atoms with Gasteiger partial charge in [-0.15, -0.1) is 0 Å². The molecule has 3 aromatic rings. The molecular weight excluding hydrogens is 652 g/mol. The van der Waals surface area contributed by atoms with Crippen LogP contribution in [0.25, 0.3) is 11.0 Å². The molecule has 5 rings (SSSR count). The molecule has 16 heteroatoms. The van der Waals surface area contributed by atoms with Gasteiger partial charge in [-0.2, -0.15) is 8.61 Å². The number of nitrogens with zero attached hydrogens (tertiary/aromatic N) is 3. The number of ether oxygens (including phenoxy) is 3. The first-order valence-corrected chi connectivity index (χ1v) is 18.7. The van der Waals surface area contributed by atoms with Gasteiger partial charge in [-0.1, -0.05) is 49.3 Å². The van der Waals surface area contributed by atoms with E-state index in [9.17, 15) is 26.7 Å². The quantitative estimate of drug-likeness (QED) is 0.253. The average molecular weight is 695 g/mol. The molecule has 258 valence electrons. The molecule has 5 atom stereocenters. The summed E-state index contributed by atoms with van der Waals surface area (Å²) >= 11 is 0. The second-order valence-electron chi connectivity index (χ2n) is 12.5. The van der Waals surface area contributed by atoms with Crippen LogP contribution in [0.2, 0.25) is 0 Å². The van der Waals surface area contributed by atoms with Gasteiger partial charge in [0.25, 0.3) is 0 Å². The first-order chi connectivity index (χ1) is 22.2. The lowest BCUT2D eigenvalue weighted by Crippen LogP contribution is -2.51. The highest BCUT2D eigenvalue weighted by atomic mass is 32.2. The van der Waals surface area contributed by atoms with E-state index in [-0.39, 0.29) is 55.1 Å². The van der Waals surface area contributed by atoms with Crippen LogP contribution in [0.5, 0.6) is 0 Å². The molecule has 0 bridgehead atoms. The van der Waals surface area contributed by atoms with Gasteiger partial charge in [0.05, 0.1) is 49.0 Å². The topological polar surface area (TPSA) is 178 Å². The largest absolute Gasteiger partial charge is 0.443 e. The Morgan fingerprint density at radius 3 is 2.55 bits per heavy atom. The summed E-state index contributed by atoms with van der Waals surface area (Å²) in [4.78, 5) is 13.0. The molecule has 0 saturated carbocycles. The minimum atomic E-state index is -4.20. The van der Waals surface area contributed by atoms with Crippen molar-refractivity contribution < 1.29 is 45.5 Å². The molecule has 0 spiro atoms. The van der Waals surface area contributed by atoms with E-state index in [0.717, 1.165) is 16.1 Å². The Kier molecular flexibility index (Phi) is 10.9. The lowest BCUT2D eigenvalue weighted by Gasteiger charge is -2.31. The predicted molar refractivity (Wildman–Crippen MR) is 171 cm³/mol. The number of alkyl carbamates (subject to hydrolysis) is 1. The molecule has 0 radical (unpaired) electrons. The van der Waals surface area contributed by atoms with Crippen molar-refractivity contribution in [3.63, 3.8) is 0 Å². The number of hydrogen-bond acceptors (Lipinski definition) is 11. The van der Waals surface area contributed by atoms with E-state index in [0.29, 0.717) is 24.0 Å². The maximum Gasteiger partial charge on any atom is 0.407 e. The van der Waals surface area contributed by atoms with Crippen molar-refractivity contribution >= 4 is 37.1 Å². The molecule has 2 aliphatic heterocycles. The molecule has 3 heterocycles.